The molecule has 0 aliphatic carbocycles. The molecule has 1 saturated heterocycles. The Morgan fingerprint density at radius 1 is 1.07 bits per heavy atom. The van der Waals surface area contributed by atoms with Gasteiger partial charge in [-0.3, -0.25) is 9.59 Å². The molecular weight excluding hydrogens is 366 g/mol. The lowest BCUT2D eigenvalue weighted by atomic mass is 9.97. The van der Waals surface area contributed by atoms with E-state index >= 15 is 0 Å². The normalized spacial score (nSPS) is 21.1. The molecule has 1 aromatic heterocycles. The van der Waals surface area contributed by atoms with Gasteiger partial charge in [-0.2, -0.15) is 0 Å². The quantitative estimate of drug-likeness (QED) is 0.675. The van der Waals surface area contributed by atoms with E-state index in [0.717, 1.165) is 31.4 Å². The van der Waals surface area contributed by atoms with Crippen molar-refractivity contribution in [3.05, 3.63) is 81.2 Å². The first-order chi connectivity index (χ1) is 14.2. The van der Waals surface area contributed by atoms with E-state index < -0.39 is 6.04 Å². The zero-order valence-electron chi connectivity index (χ0n) is 16.4. The molecule has 2 atom stereocenters. The van der Waals surface area contributed by atoms with Crippen LogP contribution in [-0.2, 0) is 11.2 Å². The largest absolute Gasteiger partial charge is 0.450 e. The molecule has 29 heavy (non-hydrogen) atoms. The molecule has 0 spiro atoms. The number of nitrogens with zero attached hydrogens (tertiary/aromatic N) is 1. The Bertz CT molecular complexity index is 1130. The Hall–Kier alpha value is -2.92. The van der Waals surface area contributed by atoms with Crippen molar-refractivity contribution in [3.8, 4) is 0 Å². The number of fused-ring (bicyclic) bond motifs is 2. The van der Waals surface area contributed by atoms with E-state index in [1.807, 2.05) is 24.3 Å². The second kappa shape index (κ2) is 7.16. The fourth-order valence-corrected chi connectivity index (χ4v) is 4.45. The van der Waals surface area contributed by atoms with Crippen LogP contribution in [0.5, 0.6) is 0 Å². The van der Waals surface area contributed by atoms with Gasteiger partial charge in [0.1, 0.15) is 5.58 Å². The molecule has 0 saturated carbocycles. The third-order valence-corrected chi connectivity index (χ3v) is 6.00. The Labute approximate surface area is 168 Å². The van der Waals surface area contributed by atoms with Gasteiger partial charge in [0.2, 0.25) is 5.76 Å². The molecule has 2 aliphatic rings. The minimum atomic E-state index is -0.450. The summed E-state index contributed by atoms with van der Waals surface area (Å²) in [6, 6.07) is 14.8. The number of ether oxygens (including phenoxy) is 1. The SMILES string of the molecule is CCc1ccc([C@@H]2c3c(oc4ccccc4c3=O)C(=O)N2C[C@H]2CCCO2)cc1. The van der Waals surface area contributed by atoms with Crippen molar-refractivity contribution in [3.63, 3.8) is 0 Å². The second-order valence-electron chi connectivity index (χ2n) is 7.76. The standard InChI is InChI=1S/C24H23NO4/c1-2-15-9-11-16(12-10-15)21-20-22(26)18-7-3-4-8-19(18)29-23(20)24(27)25(21)14-17-6-5-13-28-17/h3-4,7-12,17,21H,2,5-6,13-14H2,1H3/t17-,21-/m1/s1. The van der Waals surface area contributed by atoms with E-state index in [4.69, 9.17) is 9.15 Å². The van der Waals surface area contributed by atoms with Gasteiger partial charge in [-0.15, -0.1) is 0 Å². The topological polar surface area (TPSA) is 59.8 Å². The molecule has 3 heterocycles. The minimum Gasteiger partial charge on any atom is -0.450 e. The highest BCUT2D eigenvalue weighted by atomic mass is 16.5. The number of para-hydroxylation sites is 1. The third-order valence-electron chi connectivity index (χ3n) is 6.00. The Morgan fingerprint density at radius 3 is 2.59 bits per heavy atom. The van der Waals surface area contributed by atoms with Crippen molar-refractivity contribution >= 4 is 16.9 Å². The molecule has 0 N–H and O–H groups in total. The molecule has 0 radical (unpaired) electrons. The number of rotatable bonds is 4. The summed E-state index contributed by atoms with van der Waals surface area (Å²) in [5, 5.41) is 0.508. The van der Waals surface area contributed by atoms with Gasteiger partial charge in [-0.05, 0) is 42.5 Å². The number of benzene rings is 2. The number of amides is 1. The predicted molar refractivity (Wildman–Crippen MR) is 110 cm³/mol. The monoisotopic (exact) mass is 389 g/mol. The molecule has 2 aliphatic heterocycles. The fourth-order valence-electron chi connectivity index (χ4n) is 4.45. The van der Waals surface area contributed by atoms with Crippen LogP contribution in [0, 0.1) is 0 Å². The number of carbonyl (C=O) groups is 1. The van der Waals surface area contributed by atoms with E-state index in [1.165, 1.54) is 5.56 Å². The maximum Gasteiger partial charge on any atom is 0.291 e. The summed E-state index contributed by atoms with van der Waals surface area (Å²) in [7, 11) is 0. The van der Waals surface area contributed by atoms with Gasteiger partial charge < -0.3 is 14.1 Å². The van der Waals surface area contributed by atoms with Gasteiger partial charge in [-0.25, -0.2) is 0 Å². The summed E-state index contributed by atoms with van der Waals surface area (Å²) in [5.41, 5.74) is 2.90. The molecular formula is C24H23NO4. The van der Waals surface area contributed by atoms with Crippen LogP contribution >= 0.6 is 0 Å². The van der Waals surface area contributed by atoms with Crippen LogP contribution < -0.4 is 5.43 Å². The lowest BCUT2D eigenvalue weighted by Gasteiger charge is -2.27. The molecule has 1 amide bonds. The van der Waals surface area contributed by atoms with Gasteiger partial charge in [0.25, 0.3) is 5.91 Å². The molecule has 5 rings (SSSR count). The van der Waals surface area contributed by atoms with Crippen molar-refractivity contribution in [2.45, 2.75) is 38.3 Å². The van der Waals surface area contributed by atoms with E-state index in [-0.39, 0.29) is 23.2 Å². The summed E-state index contributed by atoms with van der Waals surface area (Å²) in [6.07, 6.45) is 2.85. The van der Waals surface area contributed by atoms with Crippen molar-refractivity contribution in [2.75, 3.05) is 13.2 Å². The van der Waals surface area contributed by atoms with Gasteiger partial charge >= 0.3 is 0 Å². The van der Waals surface area contributed by atoms with Crippen LogP contribution in [0.2, 0.25) is 0 Å². The van der Waals surface area contributed by atoms with Crippen LogP contribution in [0.25, 0.3) is 11.0 Å². The molecule has 2 aromatic carbocycles. The smallest absolute Gasteiger partial charge is 0.291 e. The predicted octanol–water partition coefficient (Wildman–Crippen LogP) is 4.08. The summed E-state index contributed by atoms with van der Waals surface area (Å²) in [6.45, 7) is 3.28. The average molecular weight is 389 g/mol. The van der Waals surface area contributed by atoms with Crippen LogP contribution in [0.3, 0.4) is 0 Å². The fraction of sp³-hybridized carbons (Fsp3) is 0.333. The van der Waals surface area contributed by atoms with Crippen molar-refractivity contribution < 1.29 is 13.9 Å². The highest BCUT2D eigenvalue weighted by Gasteiger charge is 2.43. The van der Waals surface area contributed by atoms with E-state index in [1.54, 1.807) is 17.0 Å². The average Bonchev–Trinajstić information content (AvgIpc) is 3.36. The van der Waals surface area contributed by atoms with Crippen LogP contribution in [0.15, 0.2) is 57.7 Å². The molecule has 5 heteroatoms. The van der Waals surface area contributed by atoms with Gasteiger partial charge in [-0.1, -0.05) is 43.3 Å². The van der Waals surface area contributed by atoms with Gasteiger partial charge in [0.05, 0.1) is 23.1 Å². The number of hydrogen-bond acceptors (Lipinski definition) is 4. The van der Waals surface area contributed by atoms with Crippen LogP contribution in [0.4, 0.5) is 0 Å². The maximum absolute atomic E-state index is 13.4. The van der Waals surface area contributed by atoms with Gasteiger partial charge in [0.15, 0.2) is 5.43 Å². The summed E-state index contributed by atoms with van der Waals surface area (Å²) >= 11 is 0. The van der Waals surface area contributed by atoms with E-state index in [0.29, 0.717) is 23.1 Å². The van der Waals surface area contributed by atoms with E-state index in [9.17, 15) is 9.59 Å². The zero-order valence-corrected chi connectivity index (χ0v) is 16.4. The minimum absolute atomic E-state index is 0.00445. The summed E-state index contributed by atoms with van der Waals surface area (Å²) < 4.78 is 11.7. The zero-order chi connectivity index (χ0) is 20.0. The first-order valence-electron chi connectivity index (χ1n) is 10.2. The Morgan fingerprint density at radius 2 is 1.86 bits per heavy atom. The molecule has 1 fully saturated rings. The summed E-state index contributed by atoms with van der Waals surface area (Å²) in [5.74, 6) is -0.0702. The lowest BCUT2D eigenvalue weighted by Crippen LogP contribution is -2.36. The van der Waals surface area contributed by atoms with Crippen LogP contribution in [-0.4, -0.2) is 30.1 Å². The third kappa shape index (κ3) is 2.97. The number of aryl methyl sites for hydroxylation is 1. The molecule has 0 bridgehead atoms. The summed E-state index contributed by atoms with van der Waals surface area (Å²) in [4.78, 5) is 28.5. The lowest BCUT2D eigenvalue weighted by molar-refractivity contribution is 0.0486. The molecule has 5 nitrogen and oxygen atoms in total. The number of hydrogen-bond donors (Lipinski definition) is 0. The van der Waals surface area contributed by atoms with E-state index in [2.05, 4.69) is 19.1 Å². The Kier molecular flexibility index (Phi) is 4.47. The molecule has 0 unspecified atom stereocenters. The first-order valence-corrected chi connectivity index (χ1v) is 10.2. The maximum atomic E-state index is 13.4. The highest BCUT2D eigenvalue weighted by Crippen LogP contribution is 2.39. The first kappa shape index (κ1) is 18.1. The van der Waals surface area contributed by atoms with Crippen molar-refractivity contribution in [2.24, 2.45) is 0 Å². The molecule has 3 aromatic rings. The second-order valence-corrected chi connectivity index (χ2v) is 7.76. The number of carbonyl (C=O) groups excluding carboxylic acids is 1. The van der Waals surface area contributed by atoms with Crippen LogP contribution in [0.1, 0.15) is 53.1 Å². The molecule has 148 valence electrons. The Balaban J connectivity index is 1.68. The van der Waals surface area contributed by atoms with Crippen molar-refractivity contribution in [1.82, 2.24) is 4.90 Å². The highest BCUT2D eigenvalue weighted by molar-refractivity contribution is 5.99. The van der Waals surface area contributed by atoms with Gasteiger partial charge in [0, 0.05) is 13.2 Å². The van der Waals surface area contributed by atoms with Crippen molar-refractivity contribution in [1.29, 1.82) is 0 Å².